The maximum Gasteiger partial charge on any atom is 0.307 e. The maximum absolute atomic E-state index is 13.3. The first-order valence-corrected chi connectivity index (χ1v) is 8.50. The first-order valence-electron chi connectivity index (χ1n) is 7.68. The molecule has 1 N–H and O–H groups in total. The van der Waals surface area contributed by atoms with Crippen LogP contribution in [0.4, 0.5) is 4.39 Å². The molecule has 1 atom stereocenters. The molecule has 0 saturated heterocycles. The second-order valence-corrected chi connectivity index (χ2v) is 6.59. The fourth-order valence-corrected chi connectivity index (χ4v) is 3.49. The Morgan fingerprint density at radius 1 is 1.16 bits per heavy atom. The molecule has 6 heteroatoms. The highest BCUT2D eigenvalue weighted by atomic mass is 32.1. The van der Waals surface area contributed by atoms with E-state index in [2.05, 4.69) is 5.32 Å². The first kappa shape index (κ1) is 17.1. The molecule has 3 rings (SSSR count). The van der Waals surface area contributed by atoms with E-state index in [1.54, 1.807) is 12.1 Å². The molecule has 25 heavy (non-hydrogen) atoms. The SMILES string of the molecule is COC(=O)CC(NC(=O)c1cc2cc(F)ccc2s1)c1ccccc1. The van der Waals surface area contributed by atoms with Crippen molar-refractivity contribution in [1.29, 1.82) is 0 Å². The molecule has 0 fully saturated rings. The van der Waals surface area contributed by atoms with Gasteiger partial charge in [-0.25, -0.2) is 4.39 Å². The Morgan fingerprint density at radius 3 is 2.64 bits per heavy atom. The second kappa shape index (κ2) is 7.44. The number of methoxy groups -OCH3 is 1. The Balaban J connectivity index is 1.84. The molecule has 0 bridgehead atoms. The van der Waals surface area contributed by atoms with Crippen LogP contribution in [0, 0.1) is 5.82 Å². The van der Waals surface area contributed by atoms with E-state index in [1.165, 1.54) is 30.6 Å². The molecule has 1 aromatic heterocycles. The Morgan fingerprint density at radius 2 is 1.92 bits per heavy atom. The smallest absolute Gasteiger partial charge is 0.307 e. The minimum Gasteiger partial charge on any atom is -0.469 e. The van der Waals surface area contributed by atoms with Crippen molar-refractivity contribution in [2.75, 3.05) is 7.11 Å². The zero-order valence-electron chi connectivity index (χ0n) is 13.5. The largest absolute Gasteiger partial charge is 0.469 e. The fourth-order valence-electron chi connectivity index (χ4n) is 2.54. The van der Waals surface area contributed by atoms with E-state index < -0.39 is 12.0 Å². The van der Waals surface area contributed by atoms with Crippen LogP contribution in [0.3, 0.4) is 0 Å². The van der Waals surface area contributed by atoms with Crippen LogP contribution < -0.4 is 5.32 Å². The van der Waals surface area contributed by atoms with Crippen molar-refractivity contribution in [3.8, 4) is 0 Å². The van der Waals surface area contributed by atoms with Gasteiger partial charge in [-0.1, -0.05) is 30.3 Å². The summed E-state index contributed by atoms with van der Waals surface area (Å²) in [6.07, 6.45) is 0.0335. The lowest BCUT2D eigenvalue weighted by atomic mass is 10.0. The minimum absolute atomic E-state index is 0.0335. The molecular formula is C19H16FNO3S. The molecule has 2 aromatic carbocycles. The average Bonchev–Trinajstić information content (AvgIpc) is 3.05. The summed E-state index contributed by atoms with van der Waals surface area (Å²) < 4.78 is 18.9. The second-order valence-electron chi connectivity index (χ2n) is 5.51. The standard InChI is InChI=1S/C19H16FNO3S/c1-24-18(22)11-15(12-5-3-2-4-6-12)21-19(23)17-10-13-9-14(20)7-8-16(13)25-17/h2-10,15H,11H2,1H3,(H,21,23). The summed E-state index contributed by atoms with van der Waals surface area (Å²) in [5.41, 5.74) is 0.813. The summed E-state index contributed by atoms with van der Waals surface area (Å²) >= 11 is 1.28. The monoisotopic (exact) mass is 357 g/mol. The highest BCUT2D eigenvalue weighted by Crippen LogP contribution is 2.27. The Labute approximate surface area is 148 Å². The number of rotatable bonds is 5. The number of halogens is 1. The van der Waals surface area contributed by atoms with Crippen molar-refractivity contribution >= 4 is 33.3 Å². The van der Waals surface area contributed by atoms with Gasteiger partial charge in [-0.05, 0) is 35.2 Å². The number of carbonyl (C=O) groups excluding carboxylic acids is 2. The molecule has 0 spiro atoms. The lowest BCUT2D eigenvalue weighted by Gasteiger charge is -2.17. The molecule has 0 aliphatic carbocycles. The van der Waals surface area contributed by atoms with Gasteiger partial charge in [0.25, 0.3) is 5.91 Å². The van der Waals surface area contributed by atoms with E-state index in [0.29, 0.717) is 10.3 Å². The number of ether oxygens (including phenoxy) is 1. The van der Waals surface area contributed by atoms with Crippen LogP contribution in [0.25, 0.3) is 10.1 Å². The summed E-state index contributed by atoms with van der Waals surface area (Å²) in [5, 5.41) is 3.55. The summed E-state index contributed by atoms with van der Waals surface area (Å²) in [6, 6.07) is 14.8. The average molecular weight is 357 g/mol. The predicted molar refractivity (Wildman–Crippen MR) is 95.1 cm³/mol. The molecule has 4 nitrogen and oxygen atoms in total. The summed E-state index contributed by atoms with van der Waals surface area (Å²) in [4.78, 5) is 24.7. The van der Waals surface area contributed by atoms with Crippen LogP contribution in [-0.4, -0.2) is 19.0 Å². The number of fused-ring (bicyclic) bond motifs is 1. The van der Waals surface area contributed by atoms with Crippen molar-refractivity contribution < 1.29 is 18.7 Å². The van der Waals surface area contributed by atoms with Gasteiger partial charge in [-0.3, -0.25) is 9.59 Å². The zero-order valence-corrected chi connectivity index (χ0v) is 14.3. The third-order valence-electron chi connectivity index (χ3n) is 3.81. The quantitative estimate of drug-likeness (QED) is 0.700. The number of esters is 1. The van der Waals surface area contributed by atoms with E-state index in [1.807, 2.05) is 30.3 Å². The van der Waals surface area contributed by atoms with E-state index in [-0.39, 0.29) is 18.1 Å². The van der Waals surface area contributed by atoms with E-state index in [4.69, 9.17) is 4.74 Å². The predicted octanol–water partition coefficient (Wildman–Crippen LogP) is 4.07. The third kappa shape index (κ3) is 4.03. The van der Waals surface area contributed by atoms with Gasteiger partial charge in [-0.15, -0.1) is 11.3 Å². The number of hydrogen-bond acceptors (Lipinski definition) is 4. The van der Waals surface area contributed by atoms with Gasteiger partial charge in [0, 0.05) is 4.70 Å². The van der Waals surface area contributed by atoms with Crippen LogP contribution in [0.2, 0.25) is 0 Å². The van der Waals surface area contributed by atoms with Gasteiger partial charge in [-0.2, -0.15) is 0 Å². The number of benzene rings is 2. The minimum atomic E-state index is -0.497. The van der Waals surface area contributed by atoms with Crippen LogP contribution in [0.5, 0.6) is 0 Å². The summed E-state index contributed by atoms with van der Waals surface area (Å²) in [6.45, 7) is 0. The summed E-state index contributed by atoms with van der Waals surface area (Å²) in [5.74, 6) is -1.06. The number of thiophene rings is 1. The molecule has 1 heterocycles. The molecule has 0 saturated carbocycles. The summed E-state index contributed by atoms with van der Waals surface area (Å²) in [7, 11) is 1.31. The van der Waals surface area contributed by atoms with Crippen LogP contribution >= 0.6 is 11.3 Å². The maximum atomic E-state index is 13.3. The molecule has 3 aromatic rings. The lowest BCUT2D eigenvalue weighted by Crippen LogP contribution is -2.30. The molecule has 128 valence electrons. The molecule has 1 unspecified atom stereocenters. The first-order chi connectivity index (χ1) is 12.1. The van der Waals surface area contributed by atoms with Crippen molar-refractivity contribution in [1.82, 2.24) is 5.32 Å². The number of nitrogens with one attached hydrogen (secondary N) is 1. The molecular weight excluding hydrogens is 341 g/mol. The third-order valence-corrected chi connectivity index (χ3v) is 4.92. The zero-order chi connectivity index (χ0) is 17.8. The van der Waals surface area contributed by atoms with E-state index in [9.17, 15) is 14.0 Å². The van der Waals surface area contributed by atoms with Gasteiger partial charge in [0.2, 0.25) is 0 Å². The van der Waals surface area contributed by atoms with Crippen LogP contribution in [0.1, 0.15) is 27.7 Å². The van der Waals surface area contributed by atoms with E-state index in [0.717, 1.165) is 10.3 Å². The van der Waals surface area contributed by atoms with Crippen LogP contribution in [-0.2, 0) is 9.53 Å². The van der Waals surface area contributed by atoms with Crippen LogP contribution in [0.15, 0.2) is 54.6 Å². The Bertz CT molecular complexity index is 907. The normalized spacial score (nSPS) is 11.9. The van der Waals surface area contributed by atoms with Gasteiger partial charge in [0.05, 0.1) is 24.4 Å². The van der Waals surface area contributed by atoms with Crippen molar-refractivity contribution in [3.63, 3.8) is 0 Å². The van der Waals surface area contributed by atoms with Crippen molar-refractivity contribution in [2.45, 2.75) is 12.5 Å². The molecule has 0 aliphatic rings. The van der Waals surface area contributed by atoms with Crippen molar-refractivity contribution in [3.05, 3.63) is 70.9 Å². The molecule has 1 amide bonds. The molecule has 0 aliphatic heterocycles. The lowest BCUT2D eigenvalue weighted by molar-refractivity contribution is -0.141. The van der Waals surface area contributed by atoms with E-state index >= 15 is 0 Å². The highest BCUT2D eigenvalue weighted by Gasteiger charge is 2.20. The van der Waals surface area contributed by atoms with Gasteiger partial charge >= 0.3 is 5.97 Å². The van der Waals surface area contributed by atoms with Gasteiger partial charge < -0.3 is 10.1 Å². The topological polar surface area (TPSA) is 55.4 Å². The highest BCUT2D eigenvalue weighted by molar-refractivity contribution is 7.20. The number of amides is 1. The Kier molecular flexibility index (Phi) is 5.09. The van der Waals surface area contributed by atoms with Gasteiger partial charge in [0.1, 0.15) is 5.82 Å². The Hall–Kier alpha value is -2.73. The fraction of sp³-hybridized carbons (Fsp3) is 0.158. The van der Waals surface area contributed by atoms with Gasteiger partial charge in [0.15, 0.2) is 0 Å². The van der Waals surface area contributed by atoms with Crippen molar-refractivity contribution in [2.24, 2.45) is 0 Å². The molecule has 0 radical (unpaired) electrons. The number of hydrogen-bond donors (Lipinski definition) is 1. The number of carbonyl (C=O) groups is 2.